The number of nitro groups is 1. The molecule has 2 aromatic rings. The molecule has 0 bridgehead atoms. The fourth-order valence-corrected chi connectivity index (χ4v) is 1.69. The van der Waals surface area contributed by atoms with E-state index in [4.69, 9.17) is 11.2 Å². The Hall–Kier alpha value is -3.33. The first-order chi connectivity index (χ1) is 10.7. The molecule has 0 aliphatic carbocycles. The zero-order valence-electron chi connectivity index (χ0n) is 11.6. The second kappa shape index (κ2) is 7.45. The van der Waals surface area contributed by atoms with Gasteiger partial charge in [-0.3, -0.25) is 15.5 Å². The van der Waals surface area contributed by atoms with E-state index in [1.54, 1.807) is 0 Å². The third kappa shape index (κ3) is 4.08. The molecule has 6 nitrogen and oxygen atoms in total. The van der Waals surface area contributed by atoms with Crippen LogP contribution in [0, 0.1) is 22.5 Å². The minimum absolute atomic E-state index is 0.0470. The highest BCUT2D eigenvalue weighted by molar-refractivity contribution is 5.85. The SMILES string of the molecule is C#CCOc1ccc([N+](=O)[O-])cc1/C=N\Nc1ccccc1. The van der Waals surface area contributed by atoms with E-state index < -0.39 is 4.92 Å². The Labute approximate surface area is 127 Å². The van der Waals surface area contributed by atoms with Gasteiger partial charge in [0.2, 0.25) is 0 Å². The van der Waals surface area contributed by atoms with Crippen LogP contribution in [0.5, 0.6) is 5.75 Å². The zero-order chi connectivity index (χ0) is 15.8. The maximum Gasteiger partial charge on any atom is 0.270 e. The van der Waals surface area contributed by atoms with E-state index in [0.29, 0.717) is 11.3 Å². The summed E-state index contributed by atoms with van der Waals surface area (Å²) in [5, 5.41) is 14.9. The predicted molar refractivity (Wildman–Crippen MR) is 85.1 cm³/mol. The van der Waals surface area contributed by atoms with Gasteiger partial charge in [0.15, 0.2) is 0 Å². The largest absolute Gasteiger partial charge is 0.480 e. The highest BCUT2D eigenvalue weighted by Gasteiger charge is 2.10. The van der Waals surface area contributed by atoms with Crippen molar-refractivity contribution >= 4 is 17.6 Å². The summed E-state index contributed by atoms with van der Waals surface area (Å²) in [5.41, 5.74) is 4.05. The number of benzene rings is 2. The Bertz CT molecular complexity index is 721. The van der Waals surface area contributed by atoms with Crippen LogP contribution < -0.4 is 10.2 Å². The van der Waals surface area contributed by atoms with Crippen molar-refractivity contribution in [2.24, 2.45) is 5.10 Å². The van der Waals surface area contributed by atoms with E-state index >= 15 is 0 Å². The van der Waals surface area contributed by atoms with E-state index in [9.17, 15) is 10.1 Å². The van der Waals surface area contributed by atoms with Gasteiger partial charge in [-0.2, -0.15) is 5.10 Å². The van der Waals surface area contributed by atoms with Crippen molar-refractivity contribution in [3.63, 3.8) is 0 Å². The van der Waals surface area contributed by atoms with Crippen molar-refractivity contribution in [3.8, 4) is 18.1 Å². The van der Waals surface area contributed by atoms with E-state index in [-0.39, 0.29) is 12.3 Å². The maximum atomic E-state index is 10.8. The van der Waals surface area contributed by atoms with Gasteiger partial charge in [-0.25, -0.2) is 0 Å². The lowest BCUT2D eigenvalue weighted by Gasteiger charge is -2.06. The lowest BCUT2D eigenvalue weighted by molar-refractivity contribution is -0.384. The molecule has 0 aliphatic rings. The lowest BCUT2D eigenvalue weighted by Crippen LogP contribution is -2.00. The van der Waals surface area contributed by atoms with Crippen LogP contribution in [-0.2, 0) is 0 Å². The van der Waals surface area contributed by atoms with Crippen LogP contribution in [0.1, 0.15) is 5.56 Å². The third-order valence-corrected chi connectivity index (χ3v) is 2.69. The standard InChI is InChI=1S/C16H13N3O3/c1-2-10-22-16-9-8-15(19(20)21)11-13(16)12-17-18-14-6-4-3-5-7-14/h1,3-9,11-12,18H,10H2/b17-12-. The fraction of sp³-hybridized carbons (Fsp3) is 0.0625. The molecular weight excluding hydrogens is 282 g/mol. The molecule has 0 radical (unpaired) electrons. The molecule has 2 aromatic carbocycles. The fourth-order valence-electron chi connectivity index (χ4n) is 1.69. The number of hydrogen-bond donors (Lipinski definition) is 1. The number of ether oxygens (including phenoxy) is 1. The molecule has 0 aliphatic heterocycles. The van der Waals surface area contributed by atoms with Crippen molar-refractivity contribution in [3.05, 3.63) is 64.2 Å². The summed E-state index contributed by atoms with van der Waals surface area (Å²) in [6.45, 7) is 0.0742. The van der Waals surface area contributed by atoms with E-state index in [1.165, 1.54) is 24.4 Å². The summed E-state index contributed by atoms with van der Waals surface area (Å²) in [7, 11) is 0. The Morgan fingerprint density at radius 2 is 2.09 bits per heavy atom. The molecule has 0 saturated carbocycles. The molecule has 0 atom stereocenters. The first-order valence-corrected chi connectivity index (χ1v) is 6.39. The van der Waals surface area contributed by atoms with Gasteiger partial charge in [-0.1, -0.05) is 24.1 Å². The van der Waals surface area contributed by atoms with Gasteiger partial charge in [-0.15, -0.1) is 6.42 Å². The molecule has 2 rings (SSSR count). The topological polar surface area (TPSA) is 76.8 Å². The number of rotatable bonds is 6. The molecule has 110 valence electrons. The Balaban J connectivity index is 2.20. The van der Waals surface area contributed by atoms with Crippen LogP contribution in [0.15, 0.2) is 53.6 Å². The molecule has 0 unspecified atom stereocenters. The van der Waals surface area contributed by atoms with Crippen molar-refractivity contribution in [2.75, 3.05) is 12.0 Å². The predicted octanol–water partition coefficient (Wildman–Crippen LogP) is 3.05. The van der Waals surface area contributed by atoms with Gasteiger partial charge >= 0.3 is 0 Å². The smallest absolute Gasteiger partial charge is 0.270 e. The number of anilines is 1. The van der Waals surface area contributed by atoms with Crippen molar-refractivity contribution < 1.29 is 9.66 Å². The quantitative estimate of drug-likeness (QED) is 0.384. The number of nitrogens with zero attached hydrogens (tertiary/aromatic N) is 2. The van der Waals surface area contributed by atoms with E-state index in [0.717, 1.165) is 5.69 Å². The van der Waals surface area contributed by atoms with E-state index in [2.05, 4.69) is 16.4 Å². The second-order valence-corrected chi connectivity index (χ2v) is 4.21. The van der Waals surface area contributed by atoms with Crippen molar-refractivity contribution in [2.45, 2.75) is 0 Å². The molecular formula is C16H13N3O3. The van der Waals surface area contributed by atoms with Crippen LogP contribution in [-0.4, -0.2) is 17.7 Å². The normalized spacial score (nSPS) is 10.1. The number of nitro benzene ring substituents is 1. The number of non-ortho nitro benzene ring substituents is 1. The van der Waals surface area contributed by atoms with Gasteiger partial charge in [0.1, 0.15) is 12.4 Å². The summed E-state index contributed by atoms with van der Waals surface area (Å²) in [6, 6.07) is 13.6. The summed E-state index contributed by atoms with van der Waals surface area (Å²) in [4.78, 5) is 10.4. The number of nitrogens with one attached hydrogen (secondary N) is 1. The van der Waals surface area contributed by atoms with Crippen LogP contribution in [0.3, 0.4) is 0 Å². The number of hydrazone groups is 1. The average Bonchev–Trinajstić information content (AvgIpc) is 2.54. The highest BCUT2D eigenvalue weighted by Crippen LogP contribution is 2.23. The highest BCUT2D eigenvalue weighted by atomic mass is 16.6. The molecule has 0 spiro atoms. The second-order valence-electron chi connectivity index (χ2n) is 4.21. The zero-order valence-corrected chi connectivity index (χ0v) is 11.6. The molecule has 1 N–H and O–H groups in total. The summed E-state index contributed by atoms with van der Waals surface area (Å²) in [6.07, 6.45) is 6.60. The van der Waals surface area contributed by atoms with Crippen LogP contribution in [0.25, 0.3) is 0 Å². The minimum atomic E-state index is -0.479. The number of terminal acetylenes is 1. The maximum absolute atomic E-state index is 10.8. The lowest BCUT2D eigenvalue weighted by atomic mass is 10.2. The monoisotopic (exact) mass is 295 g/mol. The molecule has 0 fully saturated rings. The summed E-state index contributed by atoms with van der Waals surface area (Å²) in [5.74, 6) is 2.78. The third-order valence-electron chi connectivity index (χ3n) is 2.69. The summed E-state index contributed by atoms with van der Waals surface area (Å²) < 4.78 is 5.35. The van der Waals surface area contributed by atoms with Crippen molar-refractivity contribution in [1.82, 2.24) is 0 Å². The van der Waals surface area contributed by atoms with Gasteiger partial charge in [-0.05, 0) is 18.2 Å². The first kappa shape index (κ1) is 15.1. The Morgan fingerprint density at radius 3 is 2.77 bits per heavy atom. The number of para-hydroxylation sites is 1. The molecule has 22 heavy (non-hydrogen) atoms. The summed E-state index contributed by atoms with van der Waals surface area (Å²) >= 11 is 0. The molecule has 0 amide bonds. The van der Waals surface area contributed by atoms with Gasteiger partial charge in [0.05, 0.1) is 16.8 Å². The van der Waals surface area contributed by atoms with Gasteiger partial charge in [0, 0.05) is 17.7 Å². The molecule has 6 heteroatoms. The Morgan fingerprint density at radius 1 is 1.32 bits per heavy atom. The van der Waals surface area contributed by atoms with E-state index in [1.807, 2.05) is 30.3 Å². The van der Waals surface area contributed by atoms with Crippen LogP contribution in [0.2, 0.25) is 0 Å². The average molecular weight is 295 g/mol. The molecule has 0 aromatic heterocycles. The van der Waals surface area contributed by atoms with Crippen LogP contribution >= 0.6 is 0 Å². The van der Waals surface area contributed by atoms with Crippen molar-refractivity contribution in [1.29, 1.82) is 0 Å². The first-order valence-electron chi connectivity index (χ1n) is 6.39. The van der Waals surface area contributed by atoms with Gasteiger partial charge < -0.3 is 4.74 Å². The number of hydrogen-bond acceptors (Lipinski definition) is 5. The molecule has 0 heterocycles. The van der Waals surface area contributed by atoms with Gasteiger partial charge in [0.25, 0.3) is 5.69 Å². The van der Waals surface area contributed by atoms with Crippen LogP contribution in [0.4, 0.5) is 11.4 Å². The minimum Gasteiger partial charge on any atom is -0.480 e. The Kier molecular flexibility index (Phi) is 5.10. The molecule has 0 saturated heterocycles.